The van der Waals surface area contributed by atoms with E-state index in [9.17, 15) is 8.42 Å². The van der Waals surface area contributed by atoms with Crippen molar-refractivity contribution in [2.75, 3.05) is 34.5 Å². The molecule has 0 aromatic rings. The fourth-order valence-corrected chi connectivity index (χ4v) is 7.46. The summed E-state index contributed by atoms with van der Waals surface area (Å²) in [6, 6.07) is -0.331. The van der Waals surface area contributed by atoms with Crippen LogP contribution in [0.2, 0.25) is 0 Å². The standard InChI is InChI=1S/C10H22N4O4S6/c11-9(1-5-23(15)16)7-21-19-3-4-20-22-8-10(13-14-12)2-6-24(17)18/h9-10H,1-8,11H2,(H,15,16)(H,17,18)/t9-,10-/m0/s1. The molecule has 2 unspecified atom stereocenters. The Morgan fingerprint density at radius 3 is 2.08 bits per heavy atom. The van der Waals surface area contributed by atoms with E-state index < -0.39 is 22.2 Å². The first-order valence-corrected chi connectivity index (χ1v) is 14.4. The molecule has 0 saturated heterocycles. The summed E-state index contributed by atoms with van der Waals surface area (Å²) in [4.78, 5) is 2.76. The fraction of sp³-hybridized carbons (Fsp3) is 1.00. The van der Waals surface area contributed by atoms with Gasteiger partial charge in [-0.1, -0.05) is 48.3 Å². The summed E-state index contributed by atoms with van der Waals surface area (Å²) in [6.45, 7) is 0. The number of azide groups is 1. The summed E-state index contributed by atoms with van der Waals surface area (Å²) in [7, 11) is 6.63. The maximum absolute atomic E-state index is 10.6. The number of rotatable bonds is 16. The summed E-state index contributed by atoms with van der Waals surface area (Å²) in [5.74, 6) is 3.56. The van der Waals surface area contributed by atoms with Crippen molar-refractivity contribution in [3.8, 4) is 0 Å². The van der Waals surface area contributed by atoms with Crippen molar-refractivity contribution < 1.29 is 17.5 Å². The third-order valence-corrected chi connectivity index (χ3v) is 8.87. The van der Waals surface area contributed by atoms with Gasteiger partial charge in [-0.25, -0.2) is 8.42 Å². The molecule has 0 heterocycles. The van der Waals surface area contributed by atoms with Crippen molar-refractivity contribution in [1.29, 1.82) is 0 Å². The van der Waals surface area contributed by atoms with Crippen molar-refractivity contribution in [2.45, 2.75) is 24.9 Å². The van der Waals surface area contributed by atoms with Crippen LogP contribution in [0.25, 0.3) is 10.4 Å². The lowest BCUT2D eigenvalue weighted by atomic mass is 10.3. The van der Waals surface area contributed by atoms with E-state index in [1.807, 2.05) is 0 Å². The molecule has 4 N–H and O–H groups in total. The van der Waals surface area contributed by atoms with Crippen molar-refractivity contribution in [2.24, 2.45) is 10.8 Å². The second kappa shape index (κ2) is 17.3. The highest BCUT2D eigenvalue weighted by Crippen LogP contribution is 2.28. The predicted molar refractivity (Wildman–Crippen MR) is 111 cm³/mol. The Morgan fingerprint density at radius 1 is 1.00 bits per heavy atom. The van der Waals surface area contributed by atoms with Gasteiger partial charge in [0.2, 0.25) is 0 Å². The number of hydrogen-bond donors (Lipinski definition) is 3. The third kappa shape index (κ3) is 17.7. The van der Waals surface area contributed by atoms with Gasteiger partial charge >= 0.3 is 0 Å². The molecule has 0 spiro atoms. The van der Waals surface area contributed by atoms with Crippen LogP contribution in [0.5, 0.6) is 0 Å². The molecule has 0 rings (SSSR count). The lowest BCUT2D eigenvalue weighted by Gasteiger charge is -2.10. The molecule has 0 amide bonds. The van der Waals surface area contributed by atoms with E-state index >= 15 is 0 Å². The van der Waals surface area contributed by atoms with Gasteiger partial charge in [0.05, 0.1) is 5.75 Å². The maximum Gasteiger partial charge on any atom is 0.152 e. The van der Waals surface area contributed by atoms with Crippen LogP contribution in [-0.2, 0) is 22.2 Å². The summed E-state index contributed by atoms with van der Waals surface area (Å²) >= 11 is -3.63. The van der Waals surface area contributed by atoms with Crippen molar-refractivity contribution in [3.05, 3.63) is 10.4 Å². The van der Waals surface area contributed by atoms with Crippen molar-refractivity contribution in [1.82, 2.24) is 0 Å². The molecule has 8 nitrogen and oxygen atoms in total. The minimum atomic E-state index is -1.86. The highest BCUT2D eigenvalue weighted by atomic mass is 33.1. The summed E-state index contributed by atoms with van der Waals surface area (Å²) in [6.07, 6.45) is 0.947. The lowest BCUT2D eigenvalue weighted by Crippen LogP contribution is -2.24. The molecule has 0 saturated carbocycles. The molecule has 0 aliphatic carbocycles. The molecular weight excluding hydrogens is 433 g/mol. The number of nitrogens with zero attached hydrogens (tertiary/aromatic N) is 3. The van der Waals surface area contributed by atoms with Crippen LogP contribution < -0.4 is 5.73 Å². The SMILES string of the molecule is [N-]=[N+]=N[C@@H](CCS(=O)O)CSSCCSSC[C@@H](N)CCS(=O)O. The first kappa shape index (κ1) is 24.9. The van der Waals surface area contributed by atoms with Crippen LogP contribution in [0.1, 0.15) is 12.8 Å². The highest BCUT2D eigenvalue weighted by Gasteiger charge is 2.09. The average molecular weight is 455 g/mol. The molecule has 0 aliphatic rings. The molecule has 0 radical (unpaired) electrons. The van der Waals surface area contributed by atoms with Crippen LogP contribution in [0.3, 0.4) is 0 Å². The Labute approximate surface area is 163 Å². The monoisotopic (exact) mass is 454 g/mol. The van der Waals surface area contributed by atoms with E-state index in [1.165, 1.54) is 0 Å². The fourth-order valence-electron chi connectivity index (χ4n) is 1.27. The van der Waals surface area contributed by atoms with Crippen LogP contribution in [0.4, 0.5) is 0 Å². The van der Waals surface area contributed by atoms with Gasteiger partial charge < -0.3 is 14.8 Å². The Bertz CT molecular complexity index is 426. The van der Waals surface area contributed by atoms with Gasteiger partial charge in [0.1, 0.15) is 0 Å². The normalized spacial score (nSPS) is 16.1. The molecular formula is C10H22N4O4S6. The van der Waals surface area contributed by atoms with Crippen LogP contribution >= 0.6 is 43.2 Å². The van der Waals surface area contributed by atoms with E-state index in [2.05, 4.69) is 10.0 Å². The van der Waals surface area contributed by atoms with Crippen molar-refractivity contribution >= 4 is 65.3 Å². The highest BCUT2D eigenvalue weighted by molar-refractivity contribution is 8.78. The van der Waals surface area contributed by atoms with Gasteiger partial charge in [-0.05, 0) is 18.4 Å². The smallest absolute Gasteiger partial charge is 0.152 e. The Kier molecular flexibility index (Phi) is 18.0. The van der Waals surface area contributed by atoms with Gasteiger partial charge in [-0.15, -0.1) is 0 Å². The first-order valence-electron chi connectivity index (χ1n) is 6.89. The molecule has 14 heteroatoms. The molecule has 0 aromatic carbocycles. The van der Waals surface area contributed by atoms with E-state index in [0.717, 1.165) is 17.3 Å². The molecule has 0 aliphatic heterocycles. The zero-order valence-corrected chi connectivity index (χ0v) is 17.8. The second-order valence-electron chi connectivity index (χ2n) is 4.46. The third-order valence-electron chi connectivity index (χ3n) is 2.46. The van der Waals surface area contributed by atoms with Gasteiger partial charge in [-0.3, -0.25) is 0 Å². The predicted octanol–water partition coefficient (Wildman–Crippen LogP) is 2.98. The van der Waals surface area contributed by atoms with E-state index in [0.29, 0.717) is 18.6 Å². The molecule has 0 aromatic heterocycles. The maximum atomic E-state index is 10.6. The minimum absolute atomic E-state index is 0.0673. The summed E-state index contributed by atoms with van der Waals surface area (Å²) < 4.78 is 38.6. The second-order valence-corrected chi connectivity index (χ2v) is 11.8. The average Bonchev–Trinajstić information content (AvgIpc) is 2.52. The minimum Gasteiger partial charge on any atom is -0.327 e. The molecule has 142 valence electrons. The van der Waals surface area contributed by atoms with Crippen molar-refractivity contribution in [3.63, 3.8) is 0 Å². The van der Waals surface area contributed by atoms with Gasteiger partial charge in [0.15, 0.2) is 22.2 Å². The number of hydrogen-bond acceptors (Lipinski definition) is 8. The largest absolute Gasteiger partial charge is 0.327 e. The van der Waals surface area contributed by atoms with E-state index in [-0.39, 0.29) is 23.6 Å². The quantitative estimate of drug-likeness (QED) is 0.0798. The molecule has 0 fully saturated rings. The summed E-state index contributed by atoms with van der Waals surface area (Å²) in [5, 5.41) is 3.63. The van der Waals surface area contributed by atoms with Crippen LogP contribution in [0, 0.1) is 0 Å². The Balaban J connectivity index is 3.55. The zero-order chi connectivity index (χ0) is 18.2. The van der Waals surface area contributed by atoms with E-state index in [1.54, 1.807) is 43.2 Å². The Morgan fingerprint density at radius 2 is 1.54 bits per heavy atom. The van der Waals surface area contributed by atoms with Gasteiger partial charge in [0, 0.05) is 45.8 Å². The Hall–Kier alpha value is 0.890. The van der Waals surface area contributed by atoms with Crippen LogP contribution in [0.15, 0.2) is 5.11 Å². The molecule has 4 atom stereocenters. The van der Waals surface area contributed by atoms with E-state index in [4.69, 9.17) is 20.4 Å². The first-order chi connectivity index (χ1) is 11.5. The van der Waals surface area contributed by atoms with Gasteiger partial charge in [0.25, 0.3) is 0 Å². The lowest BCUT2D eigenvalue weighted by molar-refractivity contribution is 0.556. The topological polar surface area (TPSA) is 149 Å². The molecule has 0 bridgehead atoms. The van der Waals surface area contributed by atoms with Crippen LogP contribution in [-0.4, -0.2) is 64.1 Å². The molecule has 24 heavy (non-hydrogen) atoms. The number of nitrogens with two attached hydrogens (primary N) is 1. The summed E-state index contributed by atoms with van der Waals surface area (Å²) in [5.41, 5.74) is 14.3. The van der Waals surface area contributed by atoms with Gasteiger partial charge in [-0.2, -0.15) is 0 Å². The zero-order valence-electron chi connectivity index (χ0n) is 12.9.